The number of nitrogens with one attached hydrogen (secondary N) is 1. The molecule has 1 aromatic heterocycles. The van der Waals surface area contributed by atoms with E-state index in [9.17, 15) is 17.6 Å². The van der Waals surface area contributed by atoms with E-state index in [2.05, 4.69) is 26.3 Å². The second kappa shape index (κ2) is 6.08. The van der Waals surface area contributed by atoms with Crippen LogP contribution in [0.3, 0.4) is 0 Å². The Kier molecular flexibility index (Phi) is 4.60. The summed E-state index contributed by atoms with van der Waals surface area (Å²) in [4.78, 5) is 3.57. The van der Waals surface area contributed by atoms with Gasteiger partial charge in [0.05, 0.1) is 17.8 Å². The van der Waals surface area contributed by atoms with Crippen LogP contribution in [-0.4, -0.2) is 4.98 Å². The van der Waals surface area contributed by atoms with Crippen LogP contribution in [0.5, 0.6) is 0 Å². The lowest BCUT2D eigenvalue weighted by molar-refractivity contribution is -0.138. The van der Waals surface area contributed by atoms with Crippen molar-refractivity contribution in [2.45, 2.75) is 12.2 Å². The number of nitrogens with two attached hydrogens (primary N) is 1. The summed E-state index contributed by atoms with van der Waals surface area (Å²) in [5.74, 6) is 4.60. The predicted molar refractivity (Wildman–Crippen MR) is 72.5 cm³/mol. The Morgan fingerprint density at radius 2 is 1.90 bits per heavy atom. The quantitative estimate of drug-likeness (QED) is 0.498. The normalized spacial score (nSPS) is 13.2. The second-order valence-corrected chi connectivity index (χ2v) is 5.14. The molecule has 0 aliphatic rings. The molecular formula is C13H10BrF4N3. The Morgan fingerprint density at radius 3 is 2.48 bits per heavy atom. The fourth-order valence-corrected chi connectivity index (χ4v) is 2.35. The molecule has 2 aromatic rings. The fraction of sp³-hybridized carbons (Fsp3) is 0.154. The van der Waals surface area contributed by atoms with E-state index in [1.165, 1.54) is 24.4 Å². The summed E-state index contributed by atoms with van der Waals surface area (Å²) in [6, 6.07) is 3.75. The first-order valence-electron chi connectivity index (χ1n) is 5.76. The summed E-state index contributed by atoms with van der Waals surface area (Å²) in [6.45, 7) is 0. The van der Waals surface area contributed by atoms with Crippen molar-refractivity contribution in [1.29, 1.82) is 0 Å². The molecule has 1 atom stereocenters. The Bertz CT molecular complexity index is 646. The molecule has 21 heavy (non-hydrogen) atoms. The highest BCUT2D eigenvalue weighted by molar-refractivity contribution is 9.10. The molecule has 3 N–H and O–H groups in total. The van der Waals surface area contributed by atoms with Gasteiger partial charge in [-0.05, 0) is 23.8 Å². The van der Waals surface area contributed by atoms with Gasteiger partial charge in [0.25, 0.3) is 0 Å². The molecule has 0 aliphatic heterocycles. The average Bonchev–Trinajstić information content (AvgIpc) is 2.42. The molecule has 0 amide bonds. The van der Waals surface area contributed by atoms with Crippen LogP contribution in [0.15, 0.2) is 41.1 Å². The van der Waals surface area contributed by atoms with Gasteiger partial charge in [0.2, 0.25) is 0 Å². The van der Waals surface area contributed by atoms with Gasteiger partial charge in [0, 0.05) is 16.2 Å². The van der Waals surface area contributed by atoms with E-state index in [4.69, 9.17) is 5.84 Å². The summed E-state index contributed by atoms with van der Waals surface area (Å²) in [7, 11) is 0. The number of benzene rings is 1. The van der Waals surface area contributed by atoms with Crippen molar-refractivity contribution in [3.63, 3.8) is 0 Å². The Labute approximate surface area is 126 Å². The van der Waals surface area contributed by atoms with Crippen LogP contribution in [0.4, 0.5) is 17.6 Å². The number of nitrogens with zero attached hydrogens (tertiary/aromatic N) is 1. The van der Waals surface area contributed by atoms with Crippen LogP contribution in [0.2, 0.25) is 0 Å². The number of hydrazine groups is 1. The Hall–Kier alpha value is -1.51. The predicted octanol–water partition coefficient (Wildman–Crippen LogP) is 3.55. The number of halogens is 5. The molecule has 0 bridgehead atoms. The van der Waals surface area contributed by atoms with Gasteiger partial charge in [-0.2, -0.15) is 13.2 Å². The third-order valence-electron chi connectivity index (χ3n) is 2.91. The largest absolute Gasteiger partial charge is 0.416 e. The van der Waals surface area contributed by atoms with Gasteiger partial charge in [-0.3, -0.25) is 10.8 Å². The van der Waals surface area contributed by atoms with Crippen molar-refractivity contribution in [3.05, 3.63) is 63.6 Å². The molecule has 8 heteroatoms. The number of aromatic nitrogens is 1. The first kappa shape index (κ1) is 15.9. The zero-order chi connectivity index (χ0) is 15.6. The van der Waals surface area contributed by atoms with E-state index in [0.717, 1.165) is 12.3 Å². The van der Waals surface area contributed by atoms with Crippen molar-refractivity contribution >= 4 is 15.9 Å². The molecule has 0 radical (unpaired) electrons. The maximum absolute atomic E-state index is 13.8. The molecule has 0 aliphatic carbocycles. The molecule has 112 valence electrons. The van der Waals surface area contributed by atoms with Crippen LogP contribution >= 0.6 is 15.9 Å². The Balaban J connectivity index is 2.61. The third-order valence-corrected chi connectivity index (χ3v) is 3.41. The van der Waals surface area contributed by atoms with E-state index in [-0.39, 0.29) is 15.6 Å². The summed E-state index contributed by atoms with van der Waals surface area (Å²) < 4.78 is 53.5. The standard InChI is InChI=1S/C13H10BrF4N3/c14-7-1-2-8(10(5-7)13(16,17)18)12(21-19)9-3-4-20-6-11(9)15/h1-6,12,21H,19H2. The number of rotatable bonds is 3. The molecular weight excluding hydrogens is 354 g/mol. The minimum atomic E-state index is -4.59. The van der Waals surface area contributed by atoms with E-state index in [0.29, 0.717) is 0 Å². The summed E-state index contributed by atoms with van der Waals surface area (Å²) in [5.41, 5.74) is 1.15. The number of alkyl halides is 3. The molecule has 2 rings (SSSR count). The zero-order valence-corrected chi connectivity index (χ0v) is 12.0. The first-order chi connectivity index (χ1) is 9.84. The van der Waals surface area contributed by atoms with Crippen molar-refractivity contribution in [2.75, 3.05) is 0 Å². The number of hydrogen-bond acceptors (Lipinski definition) is 3. The summed E-state index contributed by atoms with van der Waals surface area (Å²) in [6.07, 6.45) is -2.38. The summed E-state index contributed by atoms with van der Waals surface area (Å²) >= 11 is 2.99. The van der Waals surface area contributed by atoms with E-state index >= 15 is 0 Å². The molecule has 0 fully saturated rings. The minimum absolute atomic E-state index is 0.0136. The summed E-state index contributed by atoms with van der Waals surface area (Å²) in [5, 5.41) is 0. The molecule has 1 heterocycles. The van der Waals surface area contributed by atoms with Gasteiger partial charge in [0.1, 0.15) is 5.82 Å². The smallest absolute Gasteiger partial charge is 0.271 e. The fourth-order valence-electron chi connectivity index (χ4n) is 1.99. The van der Waals surface area contributed by atoms with Crippen molar-refractivity contribution in [1.82, 2.24) is 10.4 Å². The Morgan fingerprint density at radius 1 is 1.19 bits per heavy atom. The van der Waals surface area contributed by atoms with Crippen molar-refractivity contribution in [2.24, 2.45) is 5.84 Å². The van der Waals surface area contributed by atoms with Gasteiger partial charge in [-0.25, -0.2) is 9.82 Å². The molecule has 0 spiro atoms. The highest BCUT2D eigenvalue weighted by atomic mass is 79.9. The second-order valence-electron chi connectivity index (χ2n) is 4.23. The maximum Gasteiger partial charge on any atom is 0.416 e. The number of pyridine rings is 1. The van der Waals surface area contributed by atoms with Gasteiger partial charge in [0.15, 0.2) is 0 Å². The van der Waals surface area contributed by atoms with E-state index in [1.54, 1.807) is 0 Å². The topological polar surface area (TPSA) is 50.9 Å². The third kappa shape index (κ3) is 3.39. The van der Waals surface area contributed by atoms with E-state index in [1.807, 2.05) is 0 Å². The monoisotopic (exact) mass is 363 g/mol. The van der Waals surface area contributed by atoms with Crippen molar-refractivity contribution < 1.29 is 17.6 Å². The van der Waals surface area contributed by atoms with Crippen LogP contribution in [0.1, 0.15) is 22.7 Å². The number of hydrogen-bond donors (Lipinski definition) is 2. The zero-order valence-electron chi connectivity index (χ0n) is 10.5. The lowest BCUT2D eigenvalue weighted by atomic mass is 9.95. The highest BCUT2D eigenvalue weighted by Crippen LogP contribution is 2.38. The molecule has 0 saturated carbocycles. The van der Waals surface area contributed by atoms with Crippen LogP contribution < -0.4 is 11.3 Å². The van der Waals surface area contributed by atoms with Crippen LogP contribution in [0.25, 0.3) is 0 Å². The SMILES string of the molecule is NNC(c1ccncc1F)c1ccc(Br)cc1C(F)(F)F. The maximum atomic E-state index is 13.8. The van der Waals surface area contributed by atoms with Crippen LogP contribution in [-0.2, 0) is 6.18 Å². The minimum Gasteiger partial charge on any atom is -0.271 e. The molecule has 1 unspecified atom stereocenters. The molecule has 0 saturated heterocycles. The lowest BCUT2D eigenvalue weighted by Crippen LogP contribution is -2.31. The molecule has 3 nitrogen and oxygen atoms in total. The van der Waals surface area contributed by atoms with Gasteiger partial charge in [-0.15, -0.1) is 0 Å². The first-order valence-corrected chi connectivity index (χ1v) is 6.56. The van der Waals surface area contributed by atoms with Crippen LogP contribution in [0, 0.1) is 5.82 Å². The van der Waals surface area contributed by atoms with E-state index < -0.39 is 23.6 Å². The van der Waals surface area contributed by atoms with Crippen molar-refractivity contribution in [3.8, 4) is 0 Å². The average molecular weight is 364 g/mol. The highest BCUT2D eigenvalue weighted by Gasteiger charge is 2.36. The van der Waals surface area contributed by atoms with Gasteiger partial charge >= 0.3 is 6.18 Å². The molecule has 1 aromatic carbocycles. The van der Waals surface area contributed by atoms with Gasteiger partial charge < -0.3 is 0 Å². The van der Waals surface area contributed by atoms with Gasteiger partial charge in [-0.1, -0.05) is 22.0 Å². The lowest BCUT2D eigenvalue weighted by Gasteiger charge is -2.22.